The van der Waals surface area contributed by atoms with Gasteiger partial charge in [-0.15, -0.1) is 0 Å². The van der Waals surface area contributed by atoms with E-state index >= 15 is 0 Å². The average Bonchev–Trinajstić information content (AvgIpc) is 3.02. The van der Waals surface area contributed by atoms with E-state index in [1.165, 1.54) is 6.42 Å². The molecule has 3 aromatic rings. The van der Waals surface area contributed by atoms with Crippen molar-refractivity contribution in [3.63, 3.8) is 0 Å². The zero-order valence-corrected chi connectivity index (χ0v) is 19.1. The molecule has 1 saturated heterocycles. The molecular formula is C24H25BrN4O. The number of fused-ring (bicyclic) bond motifs is 1. The molecule has 4 rings (SSSR count). The first-order valence-corrected chi connectivity index (χ1v) is 11.1. The maximum absolute atomic E-state index is 13.5. The normalized spacial score (nSPS) is 19.7. The third-order valence-electron chi connectivity index (χ3n) is 6.23. The van der Waals surface area contributed by atoms with Gasteiger partial charge in [-0.3, -0.25) is 14.7 Å². The average molecular weight is 465 g/mol. The Labute approximate surface area is 185 Å². The van der Waals surface area contributed by atoms with Gasteiger partial charge in [-0.05, 0) is 67.7 Å². The Bertz CT molecular complexity index is 1130. The minimum atomic E-state index is 0.115. The molecule has 0 aliphatic carbocycles. The Morgan fingerprint density at radius 2 is 1.90 bits per heavy atom. The lowest BCUT2D eigenvalue weighted by atomic mass is 9.96. The summed E-state index contributed by atoms with van der Waals surface area (Å²) in [5.74, 6) is 0.115. The molecule has 0 N–H and O–H groups in total. The zero-order valence-electron chi connectivity index (χ0n) is 17.5. The van der Waals surface area contributed by atoms with Crippen molar-refractivity contribution in [3.05, 3.63) is 63.7 Å². The van der Waals surface area contributed by atoms with Gasteiger partial charge in [-0.25, -0.2) is 4.85 Å². The van der Waals surface area contributed by atoms with E-state index in [4.69, 9.17) is 6.57 Å². The standard InChI is InChI=1S/C24H25BrN4O/c1-15-6-5-7-16(2)28(15)14-22(30)23-17(3)29(20-10-8-19(26-4)9-11-20)21-12-18(25)13-27-24(21)23/h8-13,15-16H,5-7,14H2,1-3H3/t15-,16-/m0/s1. The third kappa shape index (κ3) is 3.68. The number of piperidine rings is 1. The van der Waals surface area contributed by atoms with E-state index in [9.17, 15) is 4.79 Å². The molecule has 30 heavy (non-hydrogen) atoms. The van der Waals surface area contributed by atoms with Crippen LogP contribution in [0.5, 0.6) is 0 Å². The summed E-state index contributed by atoms with van der Waals surface area (Å²) < 4.78 is 2.93. The van der Waals surface area contributed by atoms with Gasteiger partial charge in [0, 0.05) is 34.1 Å². The van der Waals surface area contributed by atoms with Crippen LogP contribution in [0.4, 0.5) is 5.69 Å². The number of benzene rings is 1. The summed E-state index contributed by atoms with van der Waals surface area (Å²) in [5, 5.41) is 0. The van der Waals surface area contributed by atoms with Crippen molar-refractivity contribution >= 4 is 38.4 Å². The number of rotatable bonds is 4. The lowest BCUT2D eigenvalue weighted by Crippen LogP contribution is -2.46. The molecule has 2 atom stereocenters. The molecule has 0 amide bonds. The van der Waals surface area contributed by atoms with Crippen molar-refractivity contribution in [2.75, 3.05) is 6.54 Å². The molecule has 3 heterocycles. The first-order chi connectivity index (χ1) is 14.4. The molecule has 1 fully saturated rings. The number of nitrogens with zero attached hydrogens (tertiary/aromatic N) is 4. The molecule has 1 aromatic carbocycles. The number of carbonyl (C=O) groups excluding carboxylic acids is 1. The molecule has 0 saturated carbocycles. The minimum absolute atomic E-state index is 0.115. The van der Waals surface area contributed by atoms with Gasteiger partial charge in [0.1, 0.15) is 0 Å². The monoisotopic (exact) mass is 464 g/mol. The van der Waals surface area contributed by atoms with Crippen molar-refractivity contribution in [1.82, 2.24) is 14.5 Å². The summed E-state index contributed by atoms with van der Waals surface area (Å²) in [6.07, 6.45) is 5.24. The Balaban J connectivity index is 1.81. The summed E-state index contributed by atoms with van der Waals surface area (Å²) in [6.45, 7) is 14.0. The molecule has 154 valence electrons. The highest BCUT2D eigenvalue weighted by Crippen LogP contribution is 2.32. The number of pyridine rings is 1. The lowest BCUT2D eigenvalue weighted by molar-refractivity contribution is 0.0735. The van der Waals surface area contributed by atoms with E-state index in [1.807, 2.05) is 25.1 Å². The quantitative estimate of drug-likeness (QED) is 0.346. The van der Waals surface area contributed by atoms with E-state index in [0.29, 0.717) is 29.9 Å². The van der Waals surface area contributed by atoms with Crippen LogP contribution < -0.4 is 0 Å². The molecule has 5 nitrogen and oxygen atoms in total. The van der Waals surface area contributed by atoms with Crippen LogP contribution in [0, 0.1) is 13.5 Å². The van der Waals surface area contributed by atoms with Gasteiger partial charge in [-0.2, -0.15) is 0 Å². The fourth-order valence-corrected chi connectivity index (χ4v) is 4.95. The van der Waals surface area contributed by atoms with E-state index in [0.717, 1.165) is 39.7 Å². The molecule has 0 radical (unpaired) electrons. The molecule has 1 aliphatic heterocycles. The minimum Gasteiger partial charge on any atom is -0.312 e. The summed E-state index contributed by atoms with van der Waals surface area (Å²) in [4.78, 5) is 23.9. The highest BCUT2D eigenvalue weighted by molar-refractivity contribution is 9.10. The van der Waals surface area contributed by atoms with Gasteiger partial charge in [0.15, 0.2) is 11.5 Å². The Morgan fingerprint density at radius 3 is 2.53 bits per heavy atom. The molecule has 0 unspecified atom stereocenters. The summed E-state index contributed by atoms with van der Waals surface area (Å²) in [7, 11) is 0. The smallest absolute Gasteiger partial charge is 0.187 e. The first-order valence-electron chi connectivity index (χ1n) is 10.3. The second-order valence-electron chi connectivity index (χ2n) is 8.17. The largest absolute Gasteiger partial charge is 0.312 e. The maximum atomic E-state index is 13.5. The predicted molar refractivity (Wildman–Crippen MR) is 124 cm³/mol. The molecule has 2 aromatic heterocycles. The number of likely N-dealkylation sites (tertiary alicyclic amines) is 1. The molecule has 1 aliphatic rings. The zero-order chi connectivity index (χ0) is 21.4. The predicted octanol–water partition coefficient (Wildman–Crippen LogP) is 6.09. The van der Waals surface area contributed by atoms with Crippen molar-refractivity contribution < 1.29 is 4.79 Å². The van der Waals surface area contributed by atoms with Crippen LogP contribution in [-0.2, 0) is 0 Å². The van der Waals surface area contributed by atoms with Crippen LogP contribution in [0.25, 0.3) is 21.6 Å². The Kier molecular flexibility index (Phi) is 5.77. The van der Waals surface area contributed by atoms with Gasteiger partial charge in [0.05, 0.1) is 29.7 Å². The van der Waals surface area contributed by atoms with Crippen LogP contribution in [0.3, 0.4) is 0 Å². The van der Waals surface area contributed by atoms with Gasteiger partial charge in [0.2, 0.25) is 0 Å². The van der Waals surface area contributed by atoms with E-state index in [1.54, 1.807) is 18.3 Å². The summed E-state index contributed by atoms with van der Waals surface area (Å²) in [5.41, 5.74) is 4.71. The van der Waals surface area contributed by atoms with Crippen molar-refractivity contribution in [1.29, 1.82) is 0 Å². The maximum Gasteiger partial charge on any atom is 0.187 e. The van der Waals surface area contributed by atoms with E-state index in [-0.39, 0.29) is 5.78 Å². The number of halogens is 1. The fraction of sp³-hybridized carbons (Fsp3) is 0.375. The molecule has 0 bridgehead atoms. The van der Waals surface area contributed by atoms with Crippen LogP contribution in [0.15, 0.2) is 41.0 Å². The first kappa shape index (κ1) is 20.8. The number of hydrogen-bond donors (Lipinski definition) is 0. The van der Waals surface area contributed by atoms with E-state index < -0.39 is 0 Å². The second kappa shape index (κ2) is 8.33. The molecule has 6 heteroatoms. The van der Waals surface area contributed by atoms with Crippen molar-refractivity contribution in [2.24, 2.45) is 0 Å². The van der Waals surface area contributed by atoms with Gasteiger partial charge >= 0.3 is 0 Å². The number of hydrogen-bond acceptors (Lipinski definition) is 3. The highest BCUT2D eigenvalue weighted by atomic mass is 79.9. The number of carbonyl (C=O) groups is 1. The highest BCUT2D eigenvalue weighted by Gasteiger charge is 2.29. The van der Waals surface area contributed by atoms with Gasteiger partial charge in [-0.1, -0.05) is 18.6 Å². The number of aromatic nitrogens is 2. The number of ketones is 1. The van der Waals surface area contributed by atoms with Crippen LogP contribution in [-0.4, -0.2) is 38.9 Å². The van der Waals surface area contributed by atoms with Gasteiger partial charge in [0.25, 0.3) is 0 Å². The summed E-state index contributed by atoms with van der Waals surface area (Å²) in [6, 6.07) is 10.3. The van der Waals surface area contributed by atoms with Crippen molar-refractivity contribution in [3.8, 4) is 5.69 Å². The Hall–Kier alpha value is -2.49. The topological polar surface area (TPSA) is 42.5 Å². The Morgan fingerprint density at radius 1 is 1.23 bits per heavy atom. The van der Waals surface area contributed by atoms with Gasteiger partial charge < -0.3 is 4.57 Å². The SMILES string of the molecule is [C-]#[N+]c1ccc(-n2c(C)c(C(=O)CN3[C@@H](C)CCC[C@@H]3C)c3ncc(Br)cc32)cc1. The fourth-order valence-electron chi connectivity index (χ4n) is 4.63. The van der Waals surface area contributed by atoms with Crippen molar-refractivity contribution in [2.45, 2.75) is 52.1 Å². The third-order valence-corrected chi connectivity index (χ3v) is 6.66. The summed E-state index contributed by atoms with van der Waals surface area (Å²) >= 11 is 3.52. The molecular weight excluding hydrogens is 440 g/mol. The molecule has 0 spiro atoms. The van der Waals surface area contributed by atoms with Crippen LogP contribution in [0.1, 0.15) is 49.2 Å². The van der Waals surface area contributed by atoms with Crippen LogP contribution in [0.2, 0.25) is 0 Å². The van der Waals surface area contributed by atoms with E-state index in [2.05, 4.69) is 49.1 Å². The second-order valence-corrected chi connectivity index (χ2v) is 9.09. The lowest BCUT2D eigenvalue weighted by Gasteiger charge is -2.38. The number of Topliss-reactive ketones (excluding diaryl/α,β-unsaturated/α-hetero) is 1. The van der Waals surface area contributed by atoms with Crippen LogP contribution >= 0.6 is 15.9 Å².